The fourth-order valence-corrected chi connectivity index (χ4v) is 3.15. The topological polar surface area (TPSA) is 50.4 Å². The third kappa shape index (κ3) is 5.39. The molecular weight excluding hydrogens is 296 g/mol. The highest BCUT2D eigenvalue weighted by molar-refractivity contribution is 7.99. The summed E-state index contributed by atoms with van der Waals surface area (Å²) in [4.78, 5) is 13.2. The lowest BCUT2D eigenvalue weighted by atomic mass is 10.1. The van der Waals surface area contributed by atoms with Crippen LogP contribution < -0.4 is 10.6 Å². The van der Waals surface area contributed by atoms with E-state index in [2.05, 4.69) is 47.1 Å². The molecule has 0 saturated carbocycles. The number of hydrogen-bond acceptors (Lipinski definition) is 3. The molecule has 0 fully saturated rings. The molecule has 1 aromatic rings. The van der Waals surface area contributed by atoms with E-state index in [0.29, 0.717) is 0 Å². The van der Waals surface area contributed by atoms with Crippen LogP contribution in [0.25, 0.3) is 0 Å². The summed E-state index contributed by atoms with van der Waals surface area (Å²) in [6.07, 6.45) is 6.06. The summed E-state index contributed by atoms with van der Waals surface area (Å²) < 4.78 is 5.04. The van der Waals surface area contributed by atoms with Crippen LogP contribution in [0.1, 0.15) is 31.4 Å². The number of hydrogen-bond donors (Lipinski definition) is 2. The summed E-state index contributed by atoms with van der Waals surface area (Å²) in [6, 6.07) is 8.45. The minimum absolute atomic E-state index is 0.00705. The lowest BCUT2D eigenvalue weighted by Crippen LogP contribution is -2.41. The maximum Gasteiger partial charge on any atom is 0.315 e. The van der Waals surface area contributed by atoms with Gasteiger partial charge >= 0.3 is 6.03 Å². The van der Waals surface area contributed by atoms with Crippen LogP contribution in [0, 0.1) is 0 Å². The zero-order valence-corrected chi connectivity index (χ0v) is 14.0. The molecule has 0 bridgehead atoms. The molecule has 0 heterocycles. The third-order valence-corrected chi connectivity index (χ3v) is 4.60. The molecule has 0 spiro atoms. The molecule has 22 heavy (non-hydrogen) atoms. The fraction of sp³-hybridized carbons (Fsp3) is 0.471. The Morgan fingerprint density at radius 2 is 2.00 bits per heavy atom. The molecule has 2 N–H and O–H groups in total. The summed E-state index contributed by atoms with van der Waals surface area (Å²) in [5.74, 6) is 0.946. The van der Waals surface area contributed by atoms with E-state index in [1.807, 2.05) is 6.92 Å². The molecule has 2 rings (SSSR count). The van der Waals surface area contributed by atoms with E-state index in [0.717, 1.165) is 30.8 Å². The number of amides is 2. The van der Waals surface area contributed by atoms with Crippen LogP contribution in [-0.4, -0.2) is 31.5 Å². The second-order valence-electron chi connectivity index (χ2n) is 5.39. The van der Waals surface area contributed by atoms with Crippen LogP contribution in [0.2, 0.25) is 0 Å². The SMILES string of the molecule is COCCSc1ccc(C(C)NC(=O)NC2CC=CC2)cc1. The lowest BCUT2D eigenvalue weighted by molar-refractivity contribution is 0.218. The Hall–Kier alpha value is -1.46. The Bertz CT molecular complexity index is 494. The molecule has 1 unspecified atom stereocenters. The Morgan fingerprint density at radius 3 is 2.64 bits per heavy atom. The van der Waals surface area contributed by atoms with Gasteiger partial charge in [-0.1, -0.05) is 24.3 Å². The highest BCUT2D eigenvalue weighted by Crippen LogP contribution is 2.21. The standard InChI is InChI=1S/C17H24N2O2S/c1-13(18-17(20)19-15-5-3-4-6-15)14-7-9-16(10-8-14)22-12-11-21-2/h3-4,7-10,13,15H,5-6,11-12H2,1-2H3,(H2,18,19,20). The zero-order chi connectivity index (χ0) is 15.8. The van der Waals surface area contributed by atoms with E-state index < -0.39 is 0 Å². The monoisotopic (exact) mass is 320 g/mol. The van der Waals surface area contributed by atoms with Gasteiger partial charge in [0.1, 0.15) is 0 Å². The van der Waals surface area contributed by atoms with Gasteiger partial charge in [-0.15, -0.1) is 11.8 Å². The first-order chi connectivity index (χ1) is 10.7. The van der Waals surface area contributed by atoms with E-state index in [4.69, 9.17) is 4.74 Å². The third-order valence-electron chi connectivity index (χ3n) is 3.63. The van der Waals surface area contributed by atoms with E-state index in [9.17, 15) is 4.79 Å². The van der Waals surface area contributed by atoms with Crippen molar-refractivity contribution < 1.29 is 9.53 Å². The van der Waals surface area contributed by atoms with Crippen molar-refractivity contribution >= 4 is 17.8 Å². The Morgan fingerprint density at radius 1 is 1.32 bits per heavy atom. The molecule has 5 heteroatoms. The second kappa shape index (κ2) is 8.86. The number of ether oxygens (including phenoxy) is 1. The van der Waals surface area contributed by atoms with E-state index in [1.54, 1.807) is 18.9 Å². The zero-order valence-electron chi connectivity index (χ0n) is 13.2. The molecule has 1 aliphatic carbocycles. The van der Waals surface area contributed by atoms with Gasteiger partial charge < -0.3 is 15.4 Å². The number of urea groups is 1. The largest absolute Gasteiger partial charge is 0.384 e. The fourth-order valence-electron chi connectivity index (χ4n) is 2.34. The van der Waals surface area contributed by atoms with Crippen molar-refractivity contribution in [3.05, 3.63) is 42.0 Å². The van der Waals surface area contributed by atoms with Gasteiger partial charge in [0, 0.05) is 23.8 Å². The lowest BCUT2D eigenvalue weighted by Gasteiger charge is -2.18. The number of nitrogens with one attached hydrogen (secondary N) is 2. The van der Waals surface area contributed by atoms with Crippen LogP contribution in [0.4, 0.5) is 4.79 Å². The average Bonchev–Trinajstić information content (AvgIpc) is 3.01. The van der Waals surface area contributed by atoms with E-state index in [-0.39, 0.29) is 18.1 Å². The van der Waals surface area contributed by atoms with Crippen LogP contribution in [0.3, 0.4) is 0 Å². The first-order valence-corrected chi connectivity index (χ1v) is 8.61. The summed E-state index contributed by atoms with van der Waals surface area (Å²) in [6.45, 7) is 2.75. The molecular formula is C17H24N2O2S. The Balaban J connectivity index is 1.78. The van der Waals surface area contributed by atoms with Gasteiger partial charge in [0.25, 0.3) is 0 Å². The molecule has 1 aromatic carbocycles. The van der Waals surface area contributed by atoms with Gasteiger partial charge in [-0.25, -0.2) is 4.79 Å². The van der Waals surface area contributed by atoms with Gasteiger partial charge in [-0.05, 0) is 37.5 Å². The van der Waals surface area contributed by atoms with Crippen molar-refractivity contribution in [1.29, 1.82) is 0 Å². The Labute approximate surface area is 136 Å². The van der Waals surface area contributed by atoms with Crippen LogP contribution in [0.5, 0.6) is 0 Å². The van der Waals surface area contributed by atoms with Gasteiger partial charge in [-0.3, -0.25) is 0 Å². The van der Waals surface area contributed by atoms with Crippen LogP contribution in [-0.2, 0) is 4.74 Å². The van der Waals surface area contributed by atoms with Crippen LogP contribution >= 0.6 is 11.8 Å². The van der Waals surface area contributed by atoms with E-state index >= 15 is 0 Å². The van der Waals surface area contributed by atoms with Crippen molar-refractivity contribution in [2.45, 2.75) is 36.7 Å². The smallest absolute Gasteiger partial charge is 0.315 e. The number of benzene rings is 1. The first kappa shape index (κ1) is 16.9. The van der Waals surface area contributed by atoms with Gasteiger partial charge in [0.15, 0.2) is 0 Å². The molecule has 0 aliphatic heterocycles. The van der Waals surface area contributed by atoms with Crippen molar-refractivity contribution in [3.8, 4) is 0 Å². The minimum Gasteiger partial charge on any atom is -0.384 e. The van der Waals surface area contributed by atoms with Crippen LogP contribution in [0.15, 0.2) is 41.3 Å². The molecule has 120 valence electrons. The summed E-state index contributed by atoms with van der Waals surface area (Å²) in [5.41, 5.74) is 1.11. The molecule has 1 aliphatic rings. The highest BCUT2D eigenvalue weighted by atomic mass is 32.2. The predicted molar refractivity (Wildman–Crippen MR) is 91.3 cm³/mol. The number of rotatable bonds is 7. The molecule has 2 amide bonds. The number of carbonyl (C=O) groups is 1. The number of methoxy groups -OCH3 is 1. The maximum absolute atomic E-state index is 12.0. The normalized spacial score (nSPS) is 15.7. The predicted octanol–water partition coefficient (Wildman–Crippen LogP) is 3.50. The van der Waals surface area contributed by atoms with Crippen molar-refractivity contribution in [2.75, 3.05) is 19.5 Å². The van der Waals surface area contributed by atoms with Crippen molar-refractivity contribution in [3.63, 3.8) is 0 Å². The second-order valence-corrected chi connectivity index (χ2v) is 6.56. The first-order valence-electron chi connectivity index (χ1n) is 7.62. The molecule has 1 atom stereocenters. The maximum atomic E-state index is 12.0. The average molecular weight is 320 g/mol. The molecule has 4 nitrogen and oxygen atoms in total. The van der Waals surface area contributed by atoms with Crippen molar-refractivity contribution in [2.24, 2.45) is 0 Å². The highest BCUT2D eigenvalue weighted by Gasteiger charge is 2.15. The summed E-state index contributed by atoms with van der Waals surface area (Å²) >= 11 is 1.77. The number of carbonyl (C=O) groups excluding carboxylic acids is 1. The summed E-state index contributed by atoms with van der Waals surface area (Å²) in [5, 5.41) is 5.98. The van der Waals surface area contributed by atoms with E-state index in [1.165, 1.54) is 4.90 Å². The minimum atomic E-state index is -0.0975. The van der Waals surface area contributed by atoms with Gasteiger partial charge in [0.2, 0.25) is 0 Å². The van der Waals surface area contributed by atoms with Crippen molar-refractivity contribution in [1.82, 2.24) is 10.6 Å². The quantitative estimate of drug-likeness (QED) is 0.459. The number of thioether (sulfide) groups is 1. The molecule has 0 saturated heterocycles. The Kier molecular flexibility index (Phi) is 6.80. The van der Waals surface area contributed by atoms with Gasteiger partial charge in [-0.2, -0.15) is 0 Å². The molecule has 0 radical (unpaired) electrons. The molecule has 0 aromatic heterocycles. The van der Waals surface area contributed by atoms with Gasteiger partial charge in [0.05, 0.1) is 12.6 Å². The summed E-state index contributed by atoms with van der Waals surface area (Å²) in [7, 11) is 1.71.